The molecule has 2 atom stereocenters. The number of phenolic OH excluding ortho intramolecular Hbond substituents is 1. The molecule has 0 aliphatic heterocycles. The summed E-state index contributed by atoms with van der Waals surface area (Å²) in [6.45, 7) is 11.1. The Morgan fingerprint density at radius 2 is 1.67 bits per heavy atom. The normalized spacial score (nSPS) is 13.0. The molecule has 7 nitrogen and oxygen atoms in total. The summed E-state index contributed by atoms with van der Waals surface area (Å²) >= 11 is 0. The van der Waals surface area contributed by atoms with Crippen LogP contribution in [0.3, 0.4) is 0 Å². The molecular formula is C26H45N3O4. The highest BCUT2D eigenvalue weighted by atomic mass is 16.3. The number of benzene rings is 1. The van der Waals surface area contributed by atoms with Crippen molar-refractivity contribution in [2.24, 2.45) is 5.92 Å². The number of aliphatic hydroxyl groups is 1. The quantitative estimate of drug-likeness (QED) is 0.266. The lowest BCUT2D eigenvalue weighted by atomic mass is 10.00. The number of aromatic hydroxyl groups is 1. The Morgan fingerprint density at radius 1 is 1.03 bits per heavy atom. The third-order valence-corrected chi connectivity index (χ3v) is 5.59. The van der Waals surface area contributed by atoms with Gasteiger partial charge < -0.3 is 25.7 Å². The fourth-order valence-electron chi connectivity index (χ4n) is 3.69. The van der Waals surface area contributed by atoms with Crippen molar-refractivity contribution in [2.45, 2.75) is 84.8 Å². The molecule has 1 rings (SSSR count). The van der Waals surface area contributed by atoms with Crippen LogP contribution in [0.5, 0.6) is 5.75 Å². The van der Waals surface area contributed by atoms with Crippen LogP contribution in [0.1, 0.15) is 71.8 Å². The summed E-state index contributed by atoms with van der Waals surface area (Å²) < 4.78 is 0. The van der Waals surface area contributed by atoms with Gasteiger partial charge in [0, 0.05) is 32.5 Å². The first-order valence-electron chi connectivity index (χ1n) is 12.5. The molecule has 0 fully saturated rings. The zero-order valence-corrected chi connectivity index (χ0v) is 21.0. The number of nitrogens with one attached hydrogen (secondary N) is 2. The molecule has 0 heterocycles. The van der Waals surface area contributed by atoms with Gasteiger partial charge in [0.05, 0.1) is 12.1 Å². The molecule has 1 aromatic rings. The Kier molecular flexibility index (Phi) is 14.4. The van der Waals surface area contributed by atoms with Gasteiger partial charge in [-0.05, 0) is 62.3 Å². The smallest absolute Gasteiger partial charge is 0.222 e. The summed E-state index contributed by atoms with van der Waals surface area (Å²) in [7, 11) is 0. The Bertz CT molecular complexity index is 673. The van der Waals surface area contributed by atoms with E-state index in [9.17, 15) is 19.8 Å². The molecule has 4 N–H and O–H groups in total. The van der Waals surface area contributed by atoms with E-state index in [2.05, 4.69) is 38.3 Å². The van der Waals surface area contributed by atoms with E-state index < -0.39 is 12.1 Å². The van der Waals surface area contributed by atoms with Gasteiger partial charge in [0.25, 0.3) is 0 Å². The fourth-order valence-corrected chi connectivity index (χ4v) is 3.69. The second-order valence-electron chi connectivity index (χ2n) is 9.23. The van der Waals surface area contributed by atoms with Gasteiger partial charge in [-0.15, -0.1) is 0 Å². The molecule has 2 amide bonds. The first kappa shape index (κ1) is 28.9. The summed E-state index contributed by atoms with van der Waals surface area (Å²) in [5.74, 6) is 0.697. The summed E-state index contributed by atoms with van der Waals surface area (Å²) in [5, 5.41) is 26.5. The predicted octanol–water partition coefficient (Wildman–Crippen LogP) is 3.24. The fraction of sp³-hybridized carbons (Fsp3) is 0.692. The maximum absolute atomic E-state index is 12.6. The Balaban J connectivity index is 2.62. The maximum atomic E-state index is 12.6. The SMILES string of the molecule is CCCN(CCC)C(=O)CCCC(=O)N[C@@H](Cc1ccc(O)cc1)[C@H](O)CNCCC(C)C. The number of aliphatic hydroxyl groups excluding tert-OH is 1. The molecule has 7 heteroatoms. The minimum Gasteiger partial charge on any atom is -0.508 e. The van der Waals surface area contributed by atoms with Gasteiger partial charge in [0.1, 0.15) is 5.75 Å². The van der Waals surface area contributed by atoms with Crippen molar-refractivity contribution in [3.63, 3.8) is 0 Å². The number of carbonyl (C=O) groups is 2. The van der Waals surface area contributed by atoms with Gasteiger partial charge in [-0.1, -0.05) is 39.8 Å². The van der Waals surface area contributed by atoms with Crippen molar-refractivity contribution in [2.75, 3.05) is 26.2 Å². The van der Waals surface area contributed by atoms with Crippen LogP contribution in [0.25, 0.3) is 0 Å². The van der Waals surface area contributed by atoms with Crippen molar-refractivity contribution < 1.29 is 19.8 Å². The minimum absolute atomic E-state index is 0.0986. The average Bonchev–Trinajstić information content (AvgIpc) is 2.77. The zero-order valence-electron chi connectivity index (χ0n) is 21.0. The molecule has 0 aromatic heterocycles. The van der Waals surface area contributed by atoms with E-state index in [1.807, 2.05) is 4.90 Å². The standard InChI is InChI=1S/C26H45N3O4/c1-5-16-29(17-6-2)26(33)9-7-8-25(32)28-23(18-21-10-12-22(30)13-11-21)24(31)19-27-15-14-20(3)4/h10-13,20,23-24,27,30-31H,5-9,14-19H2,1-4H3,(H,28,32)/t23-,24+/m0/s1. The number of amides is 2. The van der Waals surface area contributed by atoms with E-state index in [0.29, 0.717) is 31.7 Å². The first-order chi connectivity index (χ1) is 15.8. The number of nitrogens with zero attached hydrogens (tertiary/aromatic N) is 1. The molecular weight excluding hydrogens is 418 g/mol. The lowest BCUT2D eigenvalue weighted by Gasteiger charge is -2.25. The van der Waals surface area contributed by atoms with Gasteiger partial charge in [0.15, 0.2) is 0 Å². The monoisotopic (exact) mass is 463 g/mol. The molecule has 0 saturated heterocycles. The van der Waals surface area contributed by atoms with E-state index in [1.165, 1.54) is 0 Å². The second kappa shape index (κ2) is 16.5. The number of hydrogen-bond donors (Lipinski definition) is 4. The zero-order chi connectivity index (χ0) is 24.6. The molecule has 0 bridgehead atoms. The van der Waals surface area contributed by atoms with Crippen LogP contribution in [-0.2, 0) is 16.0 Å². The number of hydrogen-bond acceptors (Lipinski definition) is 5. The topological polar surface area (TPSA) is 102 Å². The molecule has 1 aromatic carbocycles. The van der Waals surface area contributed by atoms with E-state index in [4.69, 9.17) is 0 Å². The lowest BCUT2D eigenvalue weighted by molar-refractivity contribution is -0.131. The largest absolute Gasteiger partial charge is 0.508 e. The third-order valence-electron chi connectivity index (χ3n) is 5.59. The number of phenols is 1. The van der Waals surface area contributed by atoms with Crippen LogP contribution >= 0.6 is 0 Å². The van der Waals surface area contributed by atoms with Crippen molar-refractivity contribution >= 4 is 11.8 Å². The molecule has 0 aliphatic carbocycles. The molecule has 0 radical (unpaired) electrons. The van der Waals surface area contributed by atoms with Gasteiger partial charge in [-0.25, -0.2) is 0 Å². The second-order valence-corrected chi connectivity index (χ2v) is 9.23. The van der Waals surface area contributed by atoms with Crippen LogP contribution in [0.2, 0.25) is 0 Å². The highest BCUT2D eigenvalue weighted by molar-refractivity contribution is 5.79. The van der Waals surface area contributed by atoms with Gasteiger partial charge in [-0.2, -0.15) is 0 Å². The Labute approximate surface area is 200 Å². The number of rotatable bonds is 17. The molecule has 0 spiro atoms. The van der Waals surface area contributed by atoms with E-state index in [1.54, 1.807) is 24.3 Å². The van der Waals surface area contributed by atoms with E-state index >= 15 is 0 Å². The third kappa shape index (κ3) is 12.6. The predicted molar refractivity (Wildman–Crippen MR) is 133 cm³/mol. The maximum Gasteiger partial charge on any atom is 0.222 e. The molecule has 33 heavy (non-hydrogen) atoms. The van der Waals surface area contributed by atoms with Crippen molar-refractivity contribution in [1.29, 1.82) is 0 Å². The van der Waals surface area contributed by atoms with E-state index in [0.717, 1.165) is 44.5 Å². The van der Waals surface area contributed by atoms with Gasteiger partial charge in [0.2, 0.25) is 11.8 Å². The minimum atomic E-state index is -0.749. The van der Waals surface area contributed by atoms with Crippen LogP contribution in [0, 0.1) is 5.92 Å². The van der Waals surface area contributed by atoms with Crippen molar-refractivity contribution in [3.05, 3.63) is 29.8 Å². The van der Waals surface area contributed by atoms with Gasteiger partial charge >= 0.3 is 0 Å². The lowest BCUT2D eigenvalue weighted by Crippen LogP contribution is -2.48. The number of carbonyl (C=O) groups excluding carboxylic acids is 2. The molecule has 0 saturated carbocycles. The molecule has 0 unspecified atom stereocenters. The summed E-state index contributed by atoms with van der Waals surface area (Å²) in [5.41, 5.74) is 0.921. The molecule has 0 aliphatic rings. The Morgan fingerprint density at radius 3 is 2.24 bits per heavy atom. The molecule has 188 valence electrons. The summed E-state index contributed by atoms with van der Waals surface area (Å²) in [6.07, 6.45) is 3.67. The van der Waals surface area contributed by atoms with Crippen LogP contribution in [0.4, 0.5) is 0 Å². The van der Waals surface area contributed by atoms with Crippen molar-refractivity contribution in [3.8, 4) is 5.75 Å². The summed E-state index contributed by atoms with van der Waals surface area (Å²) in [6, 6.07) is 6.34. The first-order valence-corrected chi connectivity index (χ1v) is 12.5. The Hall–Kier alpha value is -2.12. The van der Waals surface area contributed by atoms with Crippen molar-refractivity contribution in [1.82, 2.24) is 15.5 Å². The van der Waals surface area contributed by atoms with Crippen LogP contribution < -0.4 is 10.6 Å². The highest BCUT2D eigenvalue weighted by Crippen LogP contribution is 2.13. The van der Waals surface area contributed by atoms with E-state index in [-0.39, 0.29) is 24.0 Å². The average molecular weight is 464 g/mol. The van der Waals surface area contributed by atoms with Crippen LogP contribution in [0.15, 0.2) is 24.3 Å². The highest BCUT2D eigenvalue weighted by Gasteiger charge is 2.22. The van der Waals surface area contributed by atoms with Gasteiger partial charge in [-0.3, -0.25) is 9.59 Å². The summed E-state index contributed by atoms with van der Waals surface area (Å²) in [4.78, 5) is 26.9. The van der Waals surface area contributed by atoms with Crippen LogP contribution in [-0.4, -0.2) is 65.3 Å².